The zero-order valence-corrected chi connectivity index (χ0v) is 12.5. The van der Waals surface area contributed by atoms with Crippen LogP contribution in [0.25, 0.3) is 0 Å². The van der Waals surface area contributed by atoms with Gasteiger partial charge in [0.25, 0.3) is 0 Å². The van der Waals surface area contributed by atoms with Gasteiger partial charge in [0.15, 0.2) is 0 Å². The summed E-state index contributed by atoms with van der Waals surface area (Å²) in [5.74, 6) is 1.14. The standard InChI is InChI=1S/C15H24N2O2/c1-10(9-16)6-15(18)17(4)13-7-12(3)14(19-5)8-11(13)2/h7-8,10H,6,9,16H2,1-5H3. The molecule has 1 aromatic rings. The van der Waals surface area contributed by atoms with Crippen molar-refractivity contribution >= 4 is 11.6 Å². The number of carbonyl (C=O) groups is 1. The predicted octanol–water partition coefficient (Wildman–Crippen LogP) is 2.26. The normalized spacial score (nSPS) is 12.1. The molecule has 1 amide bonds. The lowest BCUT2D eigenvalue weighted by Gasteiger charge is -2.22. The van der Waals surface area contributed by atoms with Crippen LogP contribution >= 0.6 is 0 Å². The smallest absolute Gasteiger partial charge is 0.227 e. The molecule has 106 valence electrons. The molecular formula is C15H24N2O2. The topological polar surface area (TPSA) is 55.6 Å². The van der Waals surface area contributed by atoms with E-state index in [1.54, 1.807) is 19.1 Å². The first kappa shape index (κ1) is 15.5. The van der Waals surface area contributed by atoms with Crippen LogP contribution in [0.1, 0.15) is 24.5 Å². The van der Waals surface area contributed by atoms with E-state index in [0.717, 1.165) is 22.6 Å². The van der Waals surface area contributed by atoms with E-state index in [1.165, 1.54) is 0 Å². The lowest BCUT2D eigenvalue weighted by Crippen LogP contribution is -2.30. The van der Waals surface area contributed by atoms with Crippen LogP contribution in [0.15, 0.2) is 12.1 Å². The van der Waals surface area contributed by atoms with Crippen LogP contribution in [0.4, 0.5) is 5.69 Å². The number of rotatable bonds is 5. The van der Waals surface area contributed by atoms with Crippen LogP contribution in [-0.4, -0.2) is 26.6 Å². The maximum absolute atomic E-state index is 12.2. The van der Waals surface area contributed by atoms with E-state index in [1.807, 2.05) is 32.9 Å². The lowest BCUT2D eigenvalue weighted by atomic mass is 10.1. The fourth-order valence-corrected chi connectivity index (χ4v) is 2.01. The second kappa shape index (κ2) is 6.57. The molecule has 0 saturated carbocycles. The number of hydrogen-bond donors (Lipinski definition) is 1. The molecule has 0 radical (unpaired) electrons. The maximum atomic E-state index is 12.2. The Hall–Kier alpha value is -1.55. The highest BCUT2D eigenvalue weighted by Gasteiger charge is 2.16. The molecule has 0 spiro atoms. The van der Waals surface area contributed by atoms with Gasteiger partial charge < -0.3 is 15.4 Å². The number of nitrogens with zero attached hydrogens (tertiary/aromatic N) is 1. The van der Waals surface area contributed by atoms with Gasteiger partial charge in [-0.2, -0.15) is 0 Å². The number of ether oxygens (including phenoxy) is 1. The SMILES string of the molecule is COc1cc(C)c(N(C)C(=O)CC(C)CN)cc1C. The molecule has 0 fully saturated rings. The summed E-state index contributed by atoms with van der Waals surface area (Å²) in [5.41, 5.74) is 8.54. The van der Waals surface area contributed by atoms with Crippen molar-refractivity contribution in [2.45, 2.75) is 27.2 Å². The molecule has 2 N–H and O–H groups in total. The highest BCUT2D eigenvalue weighted by atomic mass is 16.5. The molecule has 1 rings (SSSR count). The Kier molecular flexibility index (Phi) is 5.36. The molecule has 1 aromatic carbocycles. The summed E-state index contributed by atoms with van der Waals surface area (Å²) in [7, 11) is 3.46. The number of benzene rings is 1. The van der Waals surface area contributed by atoms with E-state index in [9.17, 15) is 4.79 Å². The molecule has 4 heteroatoms. The fourth-order valence-electron chi connectivity index (χ4n) is 2.01. The third-order valence-corrected chi connectivity index (χ3v) is 3.37. The van der Waals surface area contributed by atoms with Gasteiger partial charge in [0.05, 0.1) is 7.11 Å². The van der Waals surface area contributed by atoms with E-state index in [2.05, 4.69) is 0 Å². The minimum absolute atomic E-state index is 0.0885. The lowest BCUT2D eigenvalue weighted by molar-refractivity contribution is -0.119. The van der Waals surface area contributed by atoms with Gasteiger partial charge in [-0.1, -0.05) is 6.92 Å². The molecule has 1 atom stereocenters. The number of aryl methyl sites for hydroxylation is 2. The second-order valence-electron chi connectivity index (χ2n) is 5.11. The highest BCUT2D eigenvalue weighted by molar-refractivity contribution is 5.94. The molecule has 0 saturated heterocycles. The van der Waals surface area contributed by atoms with Crippen molar-refractivity contribution in [2.75, 3.05) is 25.6 Å². The maximum Gasteiger partial charge on any atom is 0.227 e. The minimum Gasteiger partial charge on any atom is -0.496 e. The zero-order chi connectivity index (χ0) is 14.6. The van der Waals surface area contributed by atoms with Crippen molar-refractivity contribution in [2.24, 2.45) is 11.7 Å². The molecule has 0 aliphatic carbocycles. The second-order valence-corrected chi connectivity index (χ2v) is 5.11. The first-order valence-corrected chi connectivity index (χ1v) is 6.52. The van der Waals surface area contributed by atoms with Crippen molar-refractivity contribution in [3.05, 3.63) is 23.3 Å². The van der Waals surface area contributed by atoms with Crippen molar-refractivity contribution in [1.29, 1.82) is 0 Å². The molecule has 0 aliphatic heterocycles. The van der Waals surface area contributed by atoms with Crippen LogP contribution in [0, 0.1) is 19.8 Å². The summed E-state index contributed by atoms with van der Waals surface area (Å²) < 4.78 is 5.28. The average Bonchev–Trinajstić information content (AvgIpc) is 2.39. The van der Waals surface area contributed by atoms with Gasteiger partial charge in [0, 0.05) is 19.2 Å². The van der Waals surface area contributed by atoms with Gasteiger partial charge in [0.2, 0.25) is 5.91 Å². The van der Waals surface area contributed by atoms with Gasteiger partial charge >= 0.3 is 0 Å². The number of methoxy groups -OCH3 is 1. The molecule has 0 bridgehead atoms. The van der Waals surface area contributed by atoms with E-state index in [4.69, 9.17) is 10.5 Å². The van der Waals surface area contributed by atoms with Gasteiger partial charge in [-0.15, -0.1) is 0 Å². The van der Waals surface area contributed by atoms with Crippen LogP contribution in [0.3, 0.4) is 0 Å². The van der Waals surface area contributed by atoms with Crippen molar-refractivity contribution < 1.29 is 9.53 Å². The summed E-state index contributed by atoms with van der Waals surface area (Å²) >= 11 is 0. The van der Waals surface area contributed by atoms with Crippen LogP contribution in [-0.2, 0) is 4.79 Å². The Morgan fingerprint density at radius 2 is 2.00 bits per heavy atom. The Bertz CT molecular complexity index is 458. The number of nitrogens with two attached hydrogens (primary N) is 1. The number of carbonyl (C=O) groups excluding carboxylic acids is 1. The number of hydrogen-bond acceptors (Lipinski definition) is 3. The van der Waals surface area contributed by atoms with Gasteiger partial charge in [-0.3, -0.25) is 4.79 Å². The van der Waals surface area contributed by atoms with Gasteiger partial charge in [-0.25, -0.2) is 0 Å². The summed E-state index contributed by atoms with van der Waals surface area (Å²) in [6, 6.07) is 3.94. The van der Waals surface area contributed by atoms with Gasteiger partial charge in [0.1, 0.15) is 5.75 Å². The predicted molar refractivity (Wildman–Crippen MR) is 78.7 cm³/mol. The van der Waals surface area contributed by atoms with Crippen molar-refractivity contribution in [3.8, 4) is 5.75 Å². The first-order valence-electron chi connectivity index (χ1n) is 6.52. The van der Waals surface area contributed by atoms with Crippen molar-refractivity contribution in [3.63, 3.8) is 0 Å². The molecule has 1 unspecified atom stereocenters. The van der Waals surface area contributed by atoms with Crippen molar-refractivity contribution in [1.82, 2.24) is 0 Å². The quantitative estimate of drug-likeness (QED) is 0.887. The molecule has 0 heterocycles. The van der Waals surface area contributed by atoms with E-state index in [0.29, 0.717) is 13.0 Å². The summed E-state index contributed by atoms with van der Waals surface area (Å²) in [6.07, 6.45) is 0.470. The van der Waals surface area contributed by atoms with E-state index >= 15 is 0 Å². The average molecular weight is 264 g/mol. The highest BCUT2D eigenvalue weighted by Crippen LogP contribution is 2.28. The van der Waals surface area contributed by atoms with Crippen LogP contribution in [0.2, 0.25) is 0 Å². The minimum atomic E-state index is 0.0885. The Morgan fingerprint density at radius 1 is 1.37 bits per heavy atom. The van der Waals surface area contributed by atoms with E-state index in [-0.39, 0.29) is 11.8 Å². The molecule has 0 aromatic heterocycles. The van der Waals surface area contributed by atoms with Crippen LogP contribution in [0.5, 0.6) is 5.75 Å². The fraction of sp³-hybridized carbons (Fsp3) is 0.533. The molecule has 19 heavy (non-hydrogen) atoms. The summed E-state index contributed by atoms with van der Waals surface area (Å²) in [6.45, 7) is 6.47. The third-order valence-electron chi connectivity index (χ3n) is 3.37. The molecular weight excluding hydrogens is 240 g/mol. The monoisotopic (exact) mass is 264 g/mol. The van der Waals surface area contributed by atoms with Gasteiger partial charge in [-0.05, 0) is 49.6 Å². The zero-order valence-electron chi connectivity index (χ0n) is 12.5. The largest absolute Gasteiger partial charge is 0.496 e. The Morgan fingerprint density at radius 3 is 2.53 bits per heavy atom. The number of amides is 1. The Labute approximate surface area is 115 Å². The summed E-state index contributed by atoms with van der Waals surface area (Å²) in [4.78, 5) is 13.9. The first-order chi connectivity index (χ1) is 8.90. The number of anilines is 1. The Balaban J connectivity index is 2.96. The molecule has 4 nitrogen and oxygen atoms in total. The third kappa shape index (κ3) is 3.70. The van der Waals surface area contributed by atoms with E-state index < -0.39 is 0 Å². The van der Waals surface area contributed by atoms with Crippen LogP contribution < -0.4 is 15.4 Å². The molecule has 0 aliphatic rings. The summed E-state index contributed by atoms with van der Waals surface area (Å²) in [5, 5.41) is 0.